The molecule has 0 amide bonds. The lowest BCUT2D eigenvalue weighted by Gasteiger charge is -2.46. The molecule has 6 nitrogen and oxygen atoms in total. The molecule has 2 aromatic rings. The first-order valence-electron chi connectivity index (χ1n) is 10.1. The van der Waals surface area contributed by atoms with E-state index in [1.807, 2.05) is 6.07 Å². The van der Waals surface area contributed by atoms with Crippen LogP contribution in [0.15, 0.2) is 30.0 Å². The van der Waals surface area contributed by atoms with Gasteiger partial charge in [0.2, 0.25) is 0 Å². The van der Waals surface area contributed by atoms with Crippen molar-refractivity contribution >= 4 is 16.9 Å². The van der Waals surface area contributed by atoms with Crippen molar-refractivity contribution in [3.63, 3.8) is 0 Å². The van der Waals surface area contributed by atoms with Gasteiger partial charge in [-0.25, -0.2) is 4.79 Å². The summed E-state index contributed by atoms with van der Waals surface area (Å²) >= 11 is 0. The Morgan fingerprint density at radius 1 is 1.36 bits per heavy atom. The van der Waals surface area contributed by atoms with Crippen LogP contribution in [0.4, 0.5) is 0 Å². The second kappa shape index (κ2) is 6.55. The number of hydrogen-bond donors (Lipinski definition) is 2. The van der Waals surface area contributed by atoms with Crippen LogP contribution in [0.1, 0.15) is 34.9 Å². The van der Waals surface area contributed by atoms with Gasteiger partial charge in [0.1, 0.15) is 17.9 Å². The van der Waals surface area contributed by atoms with Crippen LogP contribution in [-0.4, -0.2) is 44.4 Å². The van der Waals surface area contributed by atoms with E-state index in [2.05, 4.69) is 24.0 Å². The van der Waals surface area contributed by atoms with Gasteiger partial charge in [0.05, 0.1) is 50.8 Å². The van der Waals surface area contributed by atoms with E-state index in [1.165, 1.54) is 23.8 Å². The van der Waals surface area contributed by atoms with Gasteiger partial charge in [0, 0.05) is 40.0 Å². The highest BCUT2D eigenvalue weighted by Crippen LogP contribution is 2.41. The van der Waals surface area contributed by atoms with E-state index in [1.54, 1.807) is 18.3 Å². The van der Waals surface area contributed by atoms with E-state index in [-0.39, 0.29) is 22.3 Å². The van der Waals surface area contributed by atoms with Gasteiger partial charge in [-0.1, -0.05) is 0 Å². The molecule has 1 saturated heterocycles. The van der Waals surface area contributed by atoms with Gasteiger partial charge < -0.3 is 24.1 Å². The number of nitrogens with one attached hydrogen (secondary N) is 2. The van der Waals surface area contributed by atoms with Crippen molar-refractivity contribution in [3.8, 4) is 5.75 Å². The lowest BCUT2D eigenvalue weighted by Crippen LogP contribution is -3.15. The normalized spacial score (nSPS) is 31.1. The fourth-order valence-electron chi connectivity index (χ4n) is 5.55. The summed E-state index contributed by atoms with van der Waals surface area (Å²) in [5.74, 6) is 1.13. The molecule has 2 N–H and O–H groups in total. The van der Waals surface area contributed by atoms with Gasteiger partial charge in [0.25, 0.3) is 0 Å². The van der Waals surface area contributed by atoms with Crippen molar-refractivity contribution < 1.29 is 28.2 Å². The number of benzene rings is 1. The third kappa shape index (κ3) is 2.54. The number of aromatic nitrogens is 1. The average Bonchev–Trinajstić information content (AvgIpc) is 3.10. The largest absolute Gasteiger partial charge is 0.497 e. The highest BCUT2D eigenvalue weighted by Gasteiger charge is 2.49. The summed E-state index contributed by atoms with van der Waals surface area (Å²) in [4.78, 5) is 17.6. The molecule has 1 aromatic carbocycles. The van der Waals surface area contributed by atoms with Crippen LogP contribution in [0.25, 0.3) is 10.9 Å². The fourth-order valence-corrected chi connectivity index (χ4v) is 5.55. The number of methoxy groups -OCH3 is 2. The molecule has 3 aliphatic heterocycles. The number of H-pyrrole nitrogens is 1. The molecule has 5 atom stereocenters. The van der Waals surface area contributed by atoms with Gasteiger partial charge >= 0.3 is 5.97 Å². The molecule has 4 unspecified atom stereocenters. The molecule has 6 heteroatoms. The van der Waals surface area contributed by atoms with Gasteiger partial charge in [-0.05, 0) is 24.6 Å². The van der Waals surface area contributed by atoms with E-state index in [4.69, 9.17) is 14.2 Å². The Morgan fingerprint density at radius 3 is 3.00 bits per heavy atom. The van der Waals surface area contributed by atoms with Crippen molar-refractivity contribution in [2.24, 2.45) is 11.8 Å². The van der Waals surface area contributed by atoms with Crippen LogP contribution in [0, 0.1) is 11.8 Å². The molecule has 1 fully saturated rings. The zero-order chi connectivity index (χ0) is 19.4. The Morgan fingerprint density at radius 2 is 2.21 bits per heavy atom. The van der Waals surface area contributed by atoms with Crippen LogP contribution in [0.5, 0.6) is 5.75 Å². The summed E-state index contributed by atoms with van der Waals surface area (Å²) in [7, 11) is 3.14. The number of aromatic amines is 1. The number of piperidine rings is 1. The molecule has 154 valence electrons. The van der Waals surface area contributed by atoms with Crippen LogP contribution in [0.2, 0.25) is 0 Å². The number of fused-ring (bicyclic) bond motifs is 6. The Bertz CT molecular complexity index is 977. The summed E-state index contributed by atoms with van der Waals surface area (Å²) in [6.07, 6.45) is 3.77. The SMILES string of the molecule is COC(=O)C1=CO[C@@H](C)C2C[NH+]3CCc4c([nH]c5cc(OC)ccc45)C3CC12.[HH].[HH].[HH]. The monoisotopic (exact) mass is 389 g/mol. The zero-order valence-electron chi connectivity index (χ0n) is 16.6. The first-order chi connectivity index (χ1) is 13.6. The Hall–Kier alpha value is -2.47. The van der Waals surface area contributed by atoms with Crippen molar-refractivity contribution in [1.82, 2.24) is 4.98 Å². The third-order valence-electron chi connectivity index (χ3n) is 7.02. The molecule has 0 spiro atoms. The maximum atomic E-state index is 12.3. The molecule has 5 rings (SSSR count). The number of quaternary nitrogens is 1. The summed E-state index contributed by atoms with van der Waals surface area (Å²) in [6, 6.07) is 6.64. The first kappa shape index (κ1) is 17.6. The fraction of sp³-hybridized carbons (Fsp3) is 0.500. The summed E-state index contributed by atoms with van der Waals surface area (Å²) in [5, 5.41) is 1.29. The predicted molar refractivity (Wildman–Crippen MR) is 111 cm³/mol. The van der Waals surface area contributed by atoms with Crippen molar-refractivity contribution in [2.45, 2.75) is 31.9 Å². The van der Waals surface area contributed by atoms with Crippen LogP contribution in [0.3, 0.4) is 0 Å². The molecule has 0 radical (unpaired) electrons. The Kier molecular flexibility index (Phi) is 4.12. The minimum absolute atomic E-state index is 0. The molecular formula is C22H33N2O4+. The molecule has 28 heavy (non-hydrogen) atoms. The van der Waals surface area contributed by atoms with Gasteiger partial charge in [0.15, 0.2) is 0 Å². The van der Waals surface area contributed by atoms with Crippen LogP contribution >= 0.6 is 0 Å². The number of ether oxygens (including phenoxy) is 3. The summed E-state index contributed by atoms with van der Waals surface area (Å²) in [6.45, 7) is 4.25. The van der Waals surface area contributed by atoms with E-state index in [0.717, 1.165) is 37.2 Å². The number of carbonyl (C=O) groups is 1. The zero-order valence-corrected chi connectivity index (χ0v) is 16.6. The number of carbonyl (C=O) groups excluding carboxylic acids is 1. The van der Waals surface area contributed by atoms with Crippen molar-refractivity contribution in [3.05, 3.63) is 41.3 Å². The maximum Gasteiger partial charge on any atom is 0.337 e. The lowest BCUT2D eigenvalue weighted by atomic mass is 9.72. The standard InChI is InChI=1S/C22H26N2O4.3H2/c1-12-17-10-24-7-6-15-14-5-4-13(26-2)8-19(14)23-21(15)20(24)9-16(17)18(11-28-12)22(25)27-3;;;/h4-5,8,11-12,16-17,20,23H,6-7,9-10H2,1-3H3;3*1H/p+1/t12-,16?,17?,20?;;;/m0.../s1. The van der Waals surface area contributed by atoms with Crippen LogP contribution < -0.4 is 9.64 Å². The molecule has 3 aliphatic rings. The minimum atomic E-state index is -0.261. The molecule has 4 heterocycles. The van der Waals surface area contributed by atoms with Gasteiger partial charge in [-0.3, -0.25) is 0 Å². The highest BCUT2D eigenvalue weighted by atomic mass is 16.5. The maximum absolute atomic E-state index is 12.3. The Labute approximate surface area is 168 Å². The smallest absolute Gasteiger partial charge is 0.337 e. The summed E-state index contributed by atoms with van der Waals surface area (Å²) in [5.41, 5.74) is 4.58. The number of rotatable bonds is 2. The van der Waals surface area contributed by atoms with E-state index in [9.17, 15) is 4.79 Å². The van der Waals surface area contributed by atoms with Crippen LogP contribution in [-0.2, 0) is 20.7 Å². The first-order valence-corrected chi connectivity index (χ1v) is 10.1. The van der Waals surface area contributed by atoms with E-state index < -0.39 is 0 Å². The van der Waals surface area contributed by atoms with E-state index in [0.29, 0.717) is 17.5 Å². The molecule has 0 aliphatic carbocycles. The average molecular weight is 390 g/mol. The molecule has 0 saturated carbocycles. The number of hydrogen-bond acceptors (Lipinski definition) is 4. The summed E-state index contributed by atoms with van der Waals surface area (Å²) < 4.78 is 16.2. The quantitative estimate of drug-likeness (QED) is 0.775. The van der Waals surface area contributed by atoms with Crippen molar-refractivity contribution in [1.29, 1.82) is 0 Å². The second-order valence-electron chi connectivity index (χ2n) is 8.26. The van der Waals surface area contributed by atoms with Crippen molar-refractivity contribution in [2.75, 3.05) is 27.3 Å². The lowest BCUT2D eigenvalue weighted by molar-refractivity contribution is -0.944. The van der Waals surface area contributed by atoms with E-state index >= 15 is 0 Å². The minimum Gasteiger partial charge on any atom is -0.497 e. The van der Waals surface area contributed by atoms with Gasteiger partial charge in [-0.2, -0.15) is 0 Å². The molecule has 0 bridgehead atoms. The Balaban J connectivity index is 0.00000114. The topological polar surface area (TPSA) is 65.0 Å². The van der Waals surface area contributed by atoms with Gasteiger partial charge in [-0.15, -0.1) is 0 Å². The third-order valence-corrected chi connectivity index (χ3v) is 7.02. The predicted octanol–water partition coefficient (Wildman–Crippen LogP) is 2.51. The molecule has 1 aromatic heterocycles. The molecular weight excluding hydrogens is 356 g/mol. The number of esters is 1. The highest BCUT2D eigenvalue weighted by molar-refractivity contribution is 5.89. The second-order valence-corrected chi connectivity index (χ2v) is 8.26.